The highest BCUT2D eigenvalue weighted by Crippen LogP contribution is 2.22. The first kappa shape index (κ1) is 11.9. The molecule has 6 heteroatoms. The number of H-pyrrole nitrogens is 1. The SMILES string of the molecule is O=C(c1cc2ccnc(Cl)c2[nH]1)N1CCSCC1. The van der Waals surface area contributed by atoms with Crippen LogP contribution in [-0.4, -0.2) is 45.4 Å². The van der Waals surface area contributed by atoms with E-state index in [2.05, 4.69) is 9.97 Å². The fraction of sp³-hybridized carbons (Fsp3) is 0.333. The molecule has 18 heavy (non-hydrogen) atoms. The third-order valence-corrected chi connectivity index (χ3v) is 4.25. The van der Waals surface area contributed by atoms with Gasteiger partial charge in [-0.15, -0.1) is 0 Å². The van der Waals surface area contributed by atoms with Crippen molar-refractivity contribution in [2.45, 2.75) is 0 Å². The predicted octanol–water partition coefficient (Wildman–Crippen LogP) is 2.41. The molecule has 1 amide bonds. The number of halogens is 1. The zero-order chi connectivity index (χ0) is 12.5. The van der Waals surface area contributed by atoms with E-state index in [-0.39, 0.29) is 5.91 Å². The summed E-state index contributed by atoms with van der Waals surface area (Å²) in [7, 11) is 0. The highest BCUT2D eigenvalue weighted by Gasteiger charge is 2.20. The molecule has 0 spiro atoms. The Kier molecular flexibility index (Phi) is 3.18. The molecule has 94 valence electrons. The van der Waals surface area contributed by atoms with Gasteiger partial charge in [0.15, 0.2) is 5.15 Å². The largest absolute Gasteiger partial charge is 0.348 e. The van der Waals surface area contributed by atoms with Crippen molar-refractivity contribution in [2.75, 3.05) is 24.6 Å². The van der Waals surface area contributed by atoms with Crippen molar-refractivity contribution in [3.8, 4) is 0 Å². The molecule has 1 saturated heterocycles. The highest BCUT2D eigenvalue weighted by atomic mass is 35.5. The zero-order valence-corrected chi connectivity index (χ0v) is 11.2. The summed E-state index contributed by atoms with van der Waals surface area (Å²) in [5, 5.41) is 1.32. The number of aromatic amines is 1. The van der Waals surface area contributed by atoms with Crippen LogP contribution >= 0.6 is 23.4 Å². The van der Waals surface area contributed by atoms with Crippen LogP contribution in [0.5, 0.6) is 0 Å². The van der Waals surface area contributed by atoms with E-state index in [0.29, 0.717) is 10.8 Å². The fourth-order valence-corrected chi connectivity index (χ4v) is 3.19. The number of nitrogens with zero attached hydrogens (tertiary/aromatic N) is 2. The molecule has 0 aromatic carbocycles. The van der Waals surface area contributed by atoms with Gasteiger partial charge in [0.25, 0.3) is 5.91 Å². The molecule has 0 aliphatic carbocycles. The Morgan fingerprint density at radius 2 is 2.22 bits per heavy atom. The molecule has 0 atom stereocenters. The molecule has 2 aromatic heterocycles. The van der Waals surface area contributed by atoms with Gasteiger partial charge >= 0.3 is 0 Å². The number of hydrogen-bond donors (Lipinski definition) is 1. The summed E-state index contributed by atoms with van der Waals surface area (Å²) in [4.78, 5) is 21.2. The molecule has 1 fully saturated rings. The summed E-state index contributed by atoms with van der Waals surface area (Å²) in [6.07, 6.45) is 1.64. The Morgan fingerprint density at radius 3 is 2.94 bits per heavy atom. The molecule has 0 saturated carbocycles. The minimum atomic E-state index is 0.0440. The van der Waals surface area contributed by atoms with Gasteiger partial charge in [0.2, 0.25) is 0 Å². The predicted molar refractivity (Wildman–Crippen MR) is 74.3 cm³/mol. The quantitative estimate of drug-likeness (QED) is 0.817. The maximum absolute atomic E-state index is 12.3. The van der Waals surface area contributed by atoms with E-state index in [1.165, 1.54) is 0 Å². The van der Waals surface area contributed by atoms with Crippen LogP contribution in [-0.2, 0) is 0 Å². The molecule has 0 unspecified atom stereocenters. The van der Waals surface area contributed by atoms with Crippen molar-refractivity contribution in [2.24, 2.45) is 0 Å². The maximum atomic E-state index is 12.3. The van der Waals surface area contributed by atoms with E-state index >= 15 is 0 Å². The Labute approximate surface area is 114 Å². The van der Waals surface area contributed by atoms with Crippen LogP contribution in [0.1, 0.15) is 10.5 Å². The molecule has 0 radical (unpaired) electrons. The standard InChI is InChI=1S/C12H12ClN3OS/c13-11-10-8(1-2-14-11)7-9(15-10)12(17)16-3-5-18-6-4-16/h1-2,7,15H,3-6H2. The normalized spacial score (nSPS) is 16.2. The van der Waals surface area contributed by atoms with Gasteiger partial charge in [-0.05, 0) is 12.1 Å². The summed E-state index contributed by atoms with van der Waals surface area (Å²) in [6, 6.07) is 3.69. The van der Waals surface area contributed by atoms with E-state index in [1.54, 1.807) is 6.20 Å². The molecule has 2 aromatic rings. The van der Waals surface area contributed by atoms with Crippen LogP contribution in [0.4, 0.5) is 0 Å². The van der Waals surface area contributed by atoms with Gasteiger partial charge in [0.05, 0.1) is 5.52 Å². The molecular weight excluding hydrogens is 270 g/mol. The number of amides is 1. The van der Waals surface area contributed by atoms with E-state index in [4.69, 9.17) is 11.6 Å². The lowest BCUT2D eigenvalue weighted by Gasteiger charge is -2.25. The lowest BCUT2D eigenvalue weighted by molar-refractivity contribution is 0.0767. The number of carbonyl (C=O) groups excluding carboxylic acids is 1. The first-order valence-corrected chi connectivity index (χ1v) is 7.29. The second-order valence-corrected chi connectivity index (χ2v) is 5.74. The van der Waals surface area contributed by atoms with Crippen molar-refractivity contribution in [1.29, 1.82) is 0 Å². The van der Waals surface area contributed by atoms with E-state index in [0.717, 1.165) is 35.5 Å². The Bertz CT molecular complexity index is 592. The second kappa shape index (κ2) is 4.82. The van der Waals surface area contributed by atoms with Crippen LogP contribution in [0.15, 0.2) is 18.3 Å². The topological polar surface area (TPSA) is 49.0 Å². The van der Waals surface area contributed by atoms with Gasteiger partial charge in [-0.25, -0.2) is 4.98 Å². The number of carbonyl (C=O) groups is 1. The van der Waals surface area contributed by atoms with Gasteiger partial charge in [-0.2, -0.15) is 11.8 Å². The molecule has 1 N–H and O–H groups in total. The number of rotatable bonds is 1. The van der Waals surface area contributed by atoms with Crippen LogP contribution in [0.2, 0.25) is 5.15 Å². The van der Waals surface area contributed by atoms with E-state index in [9.17, 15) is 4.79 Å². The van der Waals surface area contributed by atoms with Gasteiger partial charge in [-0.1, -0.05) is 11.6 Å². The van der Waals surface area contributed by atoms with Crippen LogP contribution in [0.25, 0.3) is 10.9 Å². The van der Waals surface area contributed by atoms with Gasteiger partial charge in [0.1, 0.15) is 5.69 Å². The second-order valence-electron chi connectivity index (χ2n) is 4.15. The summed E-state index contributed by atoms with van der Waals surface area (Å²) < 4.78 is 0. The maximum Gasteiger partial charge on any atom is 0.270 e. The molecular formula is C12H12ClN3OS. The first-order valence-electron chi connectivity index (χ1n) is 5.76. The Balaban J connectivity index is 1.94. The zero-order valence-electron chi connectivity index (χ0n) is 9.65. The van der Waals surface area contributed by atoms with Gasteiger partial charge in [0, 0.05) is 36.2 Å². The van der Waals surface area contributed by atoms with Crippen molar-refractivity contribution in [3.63, 3.8) is 0 Å². The molecule has 3 rings (SSSR count). The van der Waals surface area contributed by atoms with Crippen LogP contribution in [0, 0.1) is 0 Å². The number of aromatic nitrogens is 2. The number of thioether (sulfide) groups is 1. The van der Waals surface area contributed by atoms with E-state index in [1.807, 2.05) is 28.8 Å². The summed E-state index contributed by atoms with van der Waals surface area (Å²) in [5.74, 6) is 2.06. The summed E-state index contributed by atoms with van der Waals surface area (Å²) >= 11 is 7.87. The van der Waals surface area contributed by atoms with Gasteiger partial charge in [-0.3, -0.25) is 4.79 Å². The molecule has 4 nitrogen and oxygen atoms in total. The van der Waals surface area contributed by atoms with Crippen molar-refractivity contribution < 1.29 is 4.79 Å². The Morgan fingerprint density at radius 1 is 1.44 bits per heavy atom. The molecule has 1 aliphatic heterocycles. The molecule has 0 bridgehead atoms. The number of nitrogens with one attached hydrogen (secondary N) is 1. The number of pyridine rings is 1. The van der Waals surface area contributed by atoms with Crippen molar-refractivity contribution in [1.82, 2.24) is 14.9 Å². The Hall–Kier alpha value is -1.20. The fourth-order valence-electron chi connectivity index (χ4n) is 2.07. The third kappa shape index (κ3) is 2.08. The minimum absolute atomic E-state index is 0.0440. The smallest absolute Gasteiger partial charge is 0.270 e. The van der Waals surface area contributed by atoms with Crippen molar-refractivity contribution >= 4 is 40.2 Å². The molecule has 3 heterocycles. The summed E-state index contributed by atoms with van der Waals surface area (Å²) in [6.45, 7) is 1.62. The van der Waals surface area contributed by atoms with Gasteiger partial charge < -0.3 is 9.88 Å². The number of hydrogen-bond acceptors (Lipinski definition) is 3. The van der Waals surface area contributed by atoms with E-state index < -0.39 is 0 Å². The highest BCUT2D eigenvalue weighted by molar-refractivity contribution is 7.99. The third-order valence-electron chi connectivity index (χ3n) is 3.03. The monoisotopic (exact) mass is 281 g/mol. The average Bonchev–Trinajstić information content (AvgIpc) is 2.84. The minimum Gasteiger partial charge on any atom is -0.348 e. The lowest BCUT2D eigenvalue weighted by Crippen LogP contribution is -2.38. The average molecular weight is 282 g/mol. The van der Waals surface area contributed by atoms with Crippen molar-refractivity contribution in [3.05, 3.63) is 29.2 Å². The van der Waals surface area contributed by atoms with Crippen LogP contribution < -0.4 is 0 Å². The molecule has 1 aliphatic rings. The first-order chi connectivity index (χ1) is 8.75. The van der Waals surface area contributed by atoms with Crippen LogP contribution in [0.3, 0.4) is 0 Å². The summed E-state index contributed by atoms with van der Waals surface area (Å²) in [5.41, 5.74) is 1.32. The lowest BCUT2D eigenvalue weighted by atomic mass is 10.3. The number of fused-ring (bicyclic) bond motifs is 1.